The lowest BCUT2D eigenvalue weighted by Crippen LogP contribution is -2.44. The molecular formula is C10H14BrNO4S. The van der Waals surface area contributed by atoms with Crippen LogP contribution in [0.2, 0.25) is 0 Å². The summed E-state index contributed by atoms with van der Waals surface area (Å²) in [6.07, 6.45) is 1.21. The minimum atomic E-state index is -0.963. The summed E-state index contributed by atoms with van der Waals surface area (Å²) in [6, 6.07) is -0.718. The number of carboxylic acids is 1. The molecule has 1 saturated heterocycles. The third-order valence-electron chi connectivity index (χ3n) is 2.52. The number of nitrogens with zero attached hydrogens (tertiary/aromatic N) is 1. The van der Waals surface area contributed by atoms with Crippen molar-refractivity contribution in [1.82, 2.24) is 4.90 Å². The second-order valence-corrected chi connectivity index (χ2v) is 6.10. The van der Waals surface area contributed by atoms with Gasteiger partial charge in [-0.2, -0.15) is 0 Å². The van der Waals surface area contributed by atoms with Crippen LogP contribution >= 0.6 is 27.7 Å². The van der Waals surface area contributed by atoms with Crippen molar-refractivity contribution in [2.24, 2.45) is 0 Å². The van der Waals surface area contributed by atoms with Gasteiger partial charge in [0, 0.05) is 19.2 Å². The molecule has 0 radical (unpaired) electrons. The van der Waals surface area contributed by atoms with E-state index in [-0.39, 0.29) is 11.0 Å². The lowest BCUT2D eigenvalue weighted by atomic mass is 10.2. The monoisotopic (exact) mass is 323 g/mol. The molecule has 0 saturated carbocycles. The Kier molecular flexibility index (Phi) is 5.45. The van der Waals surface area contributed by atoms with Crippen molar-refractivity contribution in [2.45, 2.75) is 30.6 Å². The van der Waals surface area contributed by atoms with E-state index in [1.807, 2.05) is 0 Å². The average Bonchev–Trinajstić information content (AvgIpc) is 2.73. The van der Waals surface area contributed by atoms with E-state index in [1.165, 1.54) is 11.8 Å². The van der Waals surface area contributed by atoms with Gasteiger partial charge in [-0.1, -0.05) is 27.7 Å². The van der Waals surface area contributed by atoms with Crippen molar-refractivity contribution >= 4 is 44.7 Å². The van der Waals surface area contributed by atoms with E-state index in [2.05, 4.69) is 15.9 Å². The molecule has 0 aromatic heterocycles. The smallest absolute Gasteiger partial charge is 0.326 e. The van der Waals surface area contributed by atoms with Crippen LogP contribution in [-0.4, -0.2) is 50.2 Å². The van der Waals surface area contributed by atoms with E-state index in [4.69, 9.17) is 5.11 Å². The van der Waals surface area contributed by atoms with Gasteiger partial charge in [0.1, 0.15) is 10.9 Å². The predicted octanol–water partition coefficient (Wildman–Crippen LogP) is 1.11. The Morgan fingerprint density at radius 3 is 2.71 bits per heavy atom. The highest BCUT2D eigenvalue weighted by molar-refractivity contribution is 9.10. The second kappa shape index (κ2) is 6.39. The van der Waals surface area contributed by atoms with Crippen LogP contribution < -0.4 is 0 Å². The quantitative estimate of drug-likeness (QED) is 0.784. The summed E-state index contributed by atoms with van der Waals surface area (Å²) in [6.45, 7) is 1.91. The van der Waals surface area contributed by atoms with Gasteiger partial charge in [-0.15, -0.1) is 0 Å². The number of carbonyl (C=O) groups is 3. The molecule has 7 heteroatoms. The first kappa shape index (κ1) is 14.5. The van der Waals surface area contributed by atoms with Crippen molar-refractivity contribution in [3.05, 3.63) is 0 Å². The molecule has 0 aromatic rings. The molecule has 1 aliphatic heterocycles. The Balaban J connectivity index is 2.56. The maximum atomic E-state index is 12.0. The summed E-state index contributed by atoms with van der Waals surface area (Å²) in [5.41, 5.74) is 0. The predicted molar refractivity (Wildman–Crippen MR) is 68.2 cm³/mol. The number of alkyl halides is 1. The number of likely N-dealkylation sites (tertiary alicyclic amines) is 1. The molecule has 1 rings (SSSR count). The minimum Gasteiger partial charge on any atom is -0.480 e. The fourth-order valence-corrected chi connectivity index (χ4v) is 2.91. The maximum Gasteiger partial charge on any atom is 0.326 e. The van der Waals surface area contributed by atoms with Crippen molar-refractivity contribution in [3.8, 4) is 0 Å². The van der Waals surface area contributed by atoms with Crippen LogP contribution in [0.25, 0.3) is 0 Å². The molecular weight excluding hydrogens is 310 g/mol. The molecule has 0 spiro atoms. The normalized spacial score (nSPS) is 21.3. The second-order valence-electron chi connectivity index (χ2n) is 3.80. The molecule has 0 aromatic carbocycles. The largest absolute Gasteiger partial charge is 0.480 e. The Morgan fingerprint density at radius 1 is 1.53 bits per heavy atom. The molecule has 1 aliphatic rings. The average molecular weight is 324 g/mol. The fraction of sp³-hybridized carbons (Fsp3) is 0.700. The van der Waals surface area contributed by atoms with Crippen molar-refractivity contribution in [1.29, 1.82) is 0 Å². The molecule has 1 amide bonds. The lowest BCUT2D eigenvalue weighted by molar-refractivity contribution is -0.147. The number of aliphatic carboxylic acids is 1. The molecule has 1 N–H and O–H groups in total. The highest BCUT2D eigenvalue weighted by Crippen LogP contribution is 2.22. The summed E-state index contributed by atoms with van der Waals surface area (Å²) in [7, 11) is 0. The Bertz CT molecular complexity index is 336. The van der Waals surface area contributed by atoms with Gasteiger partial charge in [0.15, 0.2) is 5.12 Å². The van der Waals surface area contributed by atoms with Gasteiger partial charge in [-0.25, -0.2) is 4.79 Å². The fourth-order valence-electron chi connectivity index (χ4n) is 1.73. The number of hydrogen-bond donors (Lipinski definition) is 1. The highest BCUT2D eigenvalue weighted by Gasteiger charge is 2.36. The van der Waals surface area contributed by atoms with Crippen LogP contribution in [0.3, 0.4) is 0 Å². The van der Waals surface area contributed by atoms with Gasteiger partial charge >= 0.3 is 5.97 Å². The number of halogens is 1. The summed E-state index contributed by atoms with van der Waals surface area (Å²) in [5, 5.41) is 8.91. The van der Waals surface area contributed by atoms with E-state index < -0.39 is 16.8 Å². The van der Waals surface area contributed by atoms with Crippen molar-refractivity contribution < 1.29 is 19.5 Å². The van der Waals surface area contributed by atoms with Crippen LogP contribution in [-0.2, 0) is 14.4 Å². The van der Waals surface area contributed by atoms with E-state index in [0.717, 1.165) is 11.8 Å². The van der Waals surface area contributed by atoms with Gasteiger partial charge in [-0.05, 0) is 12.8 Å². The Labute approximate surface area is 112 Å². The van der Waals surface area contributed by atoms with Gasteiger partial charge in [0.05, 0.1) is 0 Å². The molecule has 17 heavy (non-hydrogen) atoms. The van der Waals surface area contributed by atoms with Crippen molar-refractivity contribution in [3.63, 3.8) is 0 Å². The number of thioether (sulfide) groups is 1. The Morgan fingerprint density at radius 2 is 2.18 bits per heavy atom. The van der Waals surface area contributed by atoms with Gasteiger partial charge in [0.25, 0.3) is 0 Å². The van der Waals surface area contributed by atoms with Gasteiger partial charge < -0.3 is 10.0 Å². The molecule has 1 fully saturated rings. The number of hydrogen-bond acceptors (Lipinski definition) is 4. The third-order valence-corrected chi connectivity index (χ3v) is 4.57. The number of carbonyl (C=O) groups excluding carboxylic acids is 2. The van der Waals surface area contributed by atoms with Crippen LogP contribution in [0.1, 0.15) is 19.8 Å². The zero-order valence-electron chi connectivity index (χ0n) is 9.39. The van der Waals surface area contributed by atoms with Gasteiger partial charge in [0.2, 0.25) is 5.91 Å². The minimum absolute atomic E-state index is 0.0570. The molecule has 0 bridgehead atoms. The zero-order chi connectivity index (χ0) is 13.0. The molecule has 96 valence electrons. The van der Waals surface area contributed by atoms with Gasteiger partial charge in [-0.3, -0.25) is 9.59 Å². The van der Waals surface area contributed by atoms with E-state index in [0.29, 0.717) is 25.1 Å². The summed E-state index contributed by atoms with van der Waals surface area (Å²) >= 11 is 4.26. The number of rotatable bonds is 4. The number of amides is 1. The standard InChI is InChI=1S/C10H14BrNO4S/c1-6(13)17-5-7(11)9(14)12-4-2-3-8(12)10(15)16/h7-8H,2-5H2,1H3,(H,15,16)/t7?,8-/m0/s1. The topological polar surface area (TPSA) is 74.7 Å². The third kappa shape index (κ3) is 3.99. The van der Waals surface area contributed by atoms with E-state index in [9.17, 15) is 14.4 Å². The zero-order valence-corrected chi connectivity index (χ0v) is 11.8. The number of carboxylic acid groups (broad SMARTS) is 1. The molecule has 2 atom stereocenters. The van der Waals surface area contributed by atoms with E-state index in [1.54, 1.807) is 0 Å². The maximum absolute atomic E-state index is 12.0. The first-order valence-electron chi connectivity index (χ1n) is 5.24. The molecule has 5 nitrogen and oxygen atoms in total. The first-order valence-corrected chi connectivity index (χ1v) is 7.14. The summed E-state index contributed by atoms with van der Waals surface area (Å²) in [5.74, 6) is -0.879. The SMILES string of the molecule is CC(=O)SCC(Br)C(=O)N1CCC[C@H]1C(=O)O. The summed E-state index contributed by atoms with van der Waals surface area (Å²) < 4.78 is 0. The van der Waals surface area contributed by atoms with Crippen LogP contribution in [0.15, 0.2) is 0 Å². The first-order chi connectivity index (χ1) is 7.93. The molecule has 0 aliphatic carbocycles. The lowest BCUT2D eigenvalue weighted by Gasteiger charge is -2.23. The molecule has 1 heterocycles. The highest BCUT2D eigenvalue weighted by atomic mass is 79.9. The summed E-state index contributed by atoms with van der Waals surface area (Å²) in [4.78, 5) is 34.6. The molecule has 1 unspecified atom stereocenters. The van der Waals surface area contributed by atoms with Crippen LogP contribution in [0, 0.1) is 0 Å². The van der Waals surface area contributed by atoms with Crippen molar-refractivity contribution in [2.75, 3.05) is 12.3 Å². The Hall–Kier alpha value is -0.560. The van der Waals surface area contributed by atoms with Crippen LogP contribution in [0.4, 0.5) is 0 Å². The van der Waals surface area contributed by atoms with Crippen LogP contribution in [0.5, 0.6) is 0 Å². The van der Waals surface area contributed by atoms with E-state index >= 15 is 0 Å².